The molecular formula is C13H23N11O. The molecule has 0 aliphatic rings. The third-order valence-corrected chi connectivity index (χ3v) is 4.06. The maximum Gasteiger partial charge on any atom is 0.187 e. The van der Waals surface area contributed by atoms with Gasteiger partial charge in [-0.15, -0.1) is 0 Å². The summed E-state index contributed by atoms with van der Waals surface area (Å²) < 4.78 is 0. The Morgan fingerprint density at radius 3 is 1.28 bits per heavy atom. The minimum Gasteiger partial charge on any atom is -0.623 e. The average Bonchev–Trinajstić information content (AvgIpc) is 2.57. The second-order valence-electron chi connectivity index (χ2n) is 5.43. The van der Waals surface area contributed by atoms with Gasteiger partial charge in [-0.1, -0.05) is 0 Å². The molecule has 0 heterocycles. The summed E-state index contributed by atoms with van der Waals surface area (Å²) in [5, 5.41) is 15.1. The fourth-order valence-electron chi connectivity index (χ4n) is 2.56. The minimum atomic E-state index is -0.702. The van der Waals surface area contributed by atoms with Gasteiger partial charge < -0.3 is 67.2 Å². The van der Waals surface area contributed by atoms with Crippen molar-refractivity contribution in [1.82, 2.24) is 0 Å². The summed E-state index contributed by atoms with van der Waals surface area (Å²) in [5.74, 6) is 0. The zero-order valence-corrected chi connectivity index (χ0v) is 13.6. The number of hydrogen-bond acceptors (Lipinski definition) is 11. The number of benzene rings is 2. The summed E-state index contributed by atoms with van der Waals surface area (Å²) >= 11 is 0. The number of quaternary nitrogens is 1. The highest BCUT2D eigenvalue weighted by atomic mass is 16.5. The molecule has 20 N–H and O–H groups in total. The Balaban J connectivity index is 2.85. The van der Waals surface area contributed by atoms with Crippen molar-refractivity contribution in [3.05, 3.63) is 5.21 Å². The molecule has 0 bridgehead atoms. The lowest BCUT2D eigenvalue weighted by atomic mass is 10.1. The molecule has 1 unspecified atom stereocenters. The maximum atomic E-state index is 13.1. The van der Waals surface area contributed by atoms with Crippen LogP contribution in [0.1, 0.15) is 0 Å². The van der Waals surface area contributed by atoms with Crippen LogP contribution in [0.25, 0.3) is 0 Å². The van der Waals surface area contributed by atoms with Crippen molar-refractivity contribution in [2.45, 2.75) is 0 Å². The van der Waals surface area contributed by atoms with Crippen molar-refractivity contribution in [2.24, 2.45) is 0 Å². The van der Waals surface area contributed by atoms with Crippen LogP contribution >= 0.6 is 0 Å². The molecule has 0 radical (unpaired) electrons. The van der Waals surface area contributed by atoms with Crippen LogP contribution in [0.2, 0.25) is 0 Å². The molecule has 0 spiro atoms. The summed E-state index contributed by atoms with van der Waals surface area (Å²) in [6.07, 6.45) is 0. The topological polar surface area (TPSA) is 274 Å². The molecule has 25 heavy (non-hydrogen) atoms. The van der Waals surface area contributed by atoms with Gasteiger partial charge in [0.15, 0.2) is 11.4 Å². The van der Waals surface area contributed by atoms with E-state index >= 15 is 0 Å². The highest BCUT2D eigenvalue weighted by molar-refractivity contribution is 6.04. The van der Waals surface area contributed by atoms with Crippen molar-refractivity contribution in [3.63, 3.8) is 0 Å². The van der Waals surface area contributed by atoms with E-state index in [0.717, 1.165) is 0 Å². The Bertz CT molecular complexity index is 835. The maximum absolute atomic E-state index is 13.1. The lowest BCUT2D eigenvalue weighted by molar-refractivity contribution is -0.695. The standard InChI is InChI=1S/C13H23N11O/c1-23-11-6(18)5(17)9(21)13(10(11)22)24(25)12-7(19)3(15)2(14)4(16)8(12)20/h23-24H,14-22H2,1H3. The van der Waals surface area contributed by atoms with E-state index in [9.17, 15) is 5.21 Å². The van der Waals surface area contributed by atoms with Gasteiger partial charge >= 0.3 is 0 Å². The van der Waals surface area contributed by atoms with E-state index in [1.54, 1.807) is 7.05 Å². The van der Waals surface area contributed by atoms with Crippen LogP contribution in [0.5, 0.6) is 0 Å². The fraction of sp³-hybridized carbons (Fsp3) is 0.0769. The van der Waals surface area contributed by atoms with Crippen LogP contribution in [-0.4, -0.2) is 7.05 Å². The smallest absolute Gasteiger partial charge is 0.187 e. The van der Waals surface area contributed by atoms with Gasteiger partial charge in [-0.3, -0.25) is 0 Å². The zero-order chi connectivity index (χ0) is 19.2. The summed E-state index contributed by atoms with van der Waals surface area (Å²) in [5.41, 5.74) is 52.5. The number of hydrogen-bond donors (Lipinski definition) is 11. The van der Waals surface area contributed by atoms with Crippen LogP contribution < -0.4 is 62.0 Å². The first-order valence-corrected chi connectivity index (χ1v) is 7.05. The summed E-state index contributed by atoms with van der Waals surface area (Å²) in [6.45, 7) is 0. The molecule has 0 saturated carbocycles. The monoisotopic (exact) mass is 349 g/mol. The Morgan fingerprint density at radius 1 is 0.560 bits per heavy atom. The number of nitrogens with two attached hydrogens (primary N) is 9. The van der Waals surface area contributed by atoms with Gasteiger partial charge in [0.25, 0.3) is 0 Å². The van der Waals surface area contributed by atoms with Gasteiger partial charge in [-0.2, -0.15) is 0 Å². The number of anilines is 10. The van der Waals surface area contributed by atoms with Crippen molar-refractivity contribution >= 4 is 68.2 Å². The van der Waals surface area contributed by atoms with E-state index < -0.39 is 5.06 Å². The molecule has 0 saturated heterocycles. The van der Waals surface area contributed by atoms with E-state index in [1.807, 2.05) is 0 Å². The molecule has 2 rings (SSSR count). The molecule has 2 aromatic rings. The van der Waals surface area contributed by atoms with Gasteiger partial charge in [0.05, 0.1) is 34.1 Å². The predicted octanol–water partition coefficient (Wildman–Crippen LogP) is -1.69. The lowest BCUT2D eigenvalue weighted by Crippen LogP contribution is -2.97. The predicted molar refractivity (Wildman–Crippen MR) is 106 cm³/mol. The van der Waals surface area contributed by atoms with Crippen LogP contribution in [0.15, 0.2) is 0 Å². The van der Waals surface area contributed by atoms with E-state index in [4.69, 9.17) is 51.6 Å². The fourth-order valence-corrected chi connectivity index (χ4v) is 2.56. The van der Waals surface area contributed by atoms with Crippen LogP contribution in [0, 0.1) is 5.21 Å². The van der Waals surface area contributed by atoms with E-state index in [0.29, 0.717) is 0 Å². The Kier molecular flexibility index (Phi) is 4.09. The first-order valence-electron chi connectivity index (χ1n) is 7.05. The van der Waals surface area contributed by atoms with Crippen molar-refractivity contribution in [3.8, 4) is 0 Å². The first kappa shape index (κ1) is 17.7. The Morgan fingerprint density at radius 2 is 0.880 bits per heavy atom. The summed E-state index contributed by atoms with van der Waals surface area (Å²) in [4.78, 5) is 0. The SMILES string of the molecule is CNc1c(N)c(N)c(N)c([NH+]([O-])c2c(N)c(N)c(N)c(N)c2N)c1N. The highest BCUT2D eigenvalue weighted by Gasteiger charge is 2.28. The van der Waals surface area contributed by atoms with Gasteiger partial charge in [0.2, 0.25) is 0 Å². The minimum absolute atomic E-state index is 0.00423. The molecule has 0 amide bonds. The number of nitrogens with one attached hydrogen (secondary N) is 2. The lowest BCUT2D eigenvalue weighted by Gasteiger charge is -2.29. The highest BCUT2D eigenvalue weighted by Crippen LogP contribution is 2.45. The molecule has 1 atom stereocenters. The Labute approximate surface area is 143 Å². The second-order valence-corrected chi connectivity index (χ2v) is 5.43. The van der Waals surface area contributed by atoms with Gasteiger partial charge in [-0.05, 0) is 0 Å². The molecule has 0 aliphatic carbocycles. The van der Waals surface area contributed by atoms with Crippen LogP contribution in [0.3, 0.4) is 0 Å². The molecule has 0 fully saturated rings. The van der Waals surface area contributed by atoms with E-state index in [1.165, 1.54) is 0 Å². The molecule has 2 aromatic carbocycles. The summed E-state index contributed by atoms with van der Waals surface area (Å²) in [7, 11) is 1.56. The molecule has 0 aromatic heterocycles. The largest absolute Gasteiger partial charge is 0.623 e. The van der Waals surface area contributed by atoms with E-state index in [2.05, 4.69) is 5.32 Å². The van der Waals surface area contributed by atoms with Gasteiger partial charge in [0, 0.05) is 7.05 Å². The zero-order valence-electron chi connectivity index (χ0n) is 13.6. The normalized spacial score (nSPS) is 12.1. The first-order chi connectivity index (χ1) is 11.6. The Hall–Kier alpha value is -3.64. The molecule has 0 aliphatic heterocycles. The van der Waals surface area contributed by atoms with Crippen molar-refractivity contribution in [2.75, 3.05) is 64.0 Å². The van der Waals surface area contributed by atoms with Crippen molar-refractivity contribution < 1.29 is 5.06 Å². The van der Waals surface area contributed by atoms with Crippen LogP contribution in [-0.2, 0) is 0 Å². The number of nitrogen functional groups attached to an aromatic ring is 9. The van der Waals surface area contributed by atoms with Crippen molar-refractivity contribution in [1.29, 1.82) is 0 Å². The molecule has 12 heteroatoms. The third-order valence-electron chi connectivity index (χ3n) is 4.06. The molecule has 136 valence electrons. The third kappa shape index (κ3) is 2.32. The second kappa shape index (κ2) is 5.77. The molecular weight excluding hydrogens is 326 g/mol. The average molecular weight is 349 g/mol. The number of rotatable bonds is 3. The summed E-state index contributed by atoms with van der Waals surface area (Å²) in [6, 6.07) is 0. The quantitative estimate of drug-likeness (QED) is 0.219. The van der Waals surface area contributed by atoms with Gasteiger partial charge in [-0.25, -0.2) is 0 Å². The van der Waals surface area contributed by atoms with Gasteiger partial charge in [0.1, 0.15) is 22.7 Å². The molecule has 12 nitrogen and oxygen atoms in total. The van der Waals surface area contributed by atoms with E-state index in [-0.39, 0.29) is 68.2 Å². The van der Waals surface area contributed by atoms with Crippen LogP contribution in [0.4, 0.5) is 68.2 Å².